The number of amides is 3. The van der Waals surface area contributed by atoms with Crippen LogP contribution in [0.3, 0.4) is 0 Å². The lowest BCUT2D eigenvalue weighted by molar-refractivity contribution is -0.119. The highest BCUT2D eigenvalue weighted by atomic mass is 16.2. The van der Waals surface area contributed by atoms with E-state index < -0.39 is 0 Å². The molecule has 1 N–H and O–H groups in total. The maximum atomic E-state index is 13.0. The fourth-order valence-corrected chi connectivity index (χ4v) is 3.32. The number of carbonyl (C=O) groups is 3. The molecule has 140 valence electrons. The number of benzene rings is 2. The number of para-hydroxylation sites is 2. The van der Waals surface area contributed by atoms with Gasteiger partial charge < -0.3 is 15.1 Å². The van der Waals surface area contributed by atoms with Crippen molar-refractivity contribution in [2.24, 2.45) is 0 Å². The molecular weight excluding hydrogens is 342 g/mol. The van der Waals surface area contributed by atoms with Crippen molar-refractivity contribution in [1.82, 2.24) is 4.90 Å². The van der Waals surface area contributed by atoms with Crippen LogP contribution in [0.4, 0.5) is 11.4 Å². The van der Waals surface area contributed by atoms with Gasteiger partial charge in [0.1, 0.15) is 6.54 Å². The average molecular weight is 365 g/mol. The first kappa shape index (κ1) is 18.6. The van der Waals surface area contributed by atoms with Gasteiger partial charge in [0.15, 0.2) is 0 Å². The number of hydrogen-bond donors (Lipinski definition) is 1. The first-order valence-corrected chi connectivity index (χ1v) is 8.90. The highest BCUT2D eigenvalue weighted by molar-refractivity contribution is 6.06. The Morgan fingerprint density at radius 3 is 2.67 bits per heavy atom. The molecule has 0 unspecified atom stereocenters. The van der Waals surface area contributed by atoms with Crippen LogP contribution in [0.1, 0.15) is 29.3 Å². The summed E-state index contributed by atoms with van der Waals surface area (Å²) >= 11 is 0. The van der Waals surface area contributed by atoms with Crippen LogP contribution in [-0.4, -0.2) is 42.3 Å². The summed E-state index contributed by atoms with van der Waals surface area (Å²) in [5.74, 6) is -0.568. The van der Waals surface area contributed by atoms with Crippen molar-refractivity contribution in [3.8, 4) is 0 Å². The maximum Gasteiger partial charge on any atom is 0.254 e. The van der Waals surface area contributed by atoms with Gasteiger partial charge >= 0.3 is 0 Å². The molecular formula is C21H23N3O3. The van der Waals surface area contributed by atoms with Crippen LogP contribution >= 0.6 is 0 Å². The Labute approximate surface area is 158 Å². The number of nitrogens with zero attached hydrogens (tertiary/aromatic N) is 2. The number of rotatable bonds is 3. The molecule has 3 rings (SSSR count). The second-order valence-electron chi connectivity index (χ2n) is 6.91. The molecule has 27 heavy (non-hydrogen) atoms. The summed E-state index contributed by atoms with van der Waals surface area (Å²) in [5, 5.41) is 2.83. The van der Waals surface area contributed by atoms with Crippen LogP contribution in [0.5, 0.6) is 0 Å². The lowest BCUT2D eigenvalue weighted by Crippen LogP contribution is -2.45. The van der Waals surface area contributed by atoms with Gasteiger partial charge in [0.05, 0.1) is 11.4 Å². The second-order valence-corrected chi connectivity index (χ2v) is 6.91. The van der Waals surface area contributed by atoms with E-state index in [0.717, 1.165) is 5.56 Å². The molecule has 0 aromatic heterocycles. The van der Waals surface area contributed by atoms with Gasteiger partial charge in [-0.05, 0) is 38.1 Å². The molecule has 0 fully saturated rings. The Balaban J connectivity index is 1.82. The van der Waals surface area contributed by atoms with Gasteiger partial charge in [0, 0.05) is 25.1 Å². The minimum atomic E-state index is -0.302. The smallest absolute Gasteiger partial charge is 0.254 e. The van der Waals surface area contributed by atoms with Crippen LogP contribution in [0.15, 0.2) is 48.5 Å². The summed E-state index contributed by atoms with van der Waals surface area (Å²) in [4.78, 5) is 40.8. The average Bonchev–Trinajstić information content (AvgIpc) is 2.75. The van der Waals surface area contributed by atoms with Crippen molar-refractivity contribution >= 4 is 29.1 Å². The number of hydrogen-bond acceptors (Lipinski definition) is 3. The molecule has 1 heterocycles. The molecule has 0 aliphatic carbocycles. The largest absolute Gasteiger partial charge is 0.332 e. The Hall–Kier alpha value is -3.15. The molecule has 1 aliphatic rings. The van der Waals surface area contributed by atoms with E-state index in [1.54, 1.807) is 36.2 Å². The van der Waals surface area contributed by atoms with Crippen LogP contribution in [0.2, 0.25) is 0 Å². The van der Waals surface area contributed by atoms with Crippen LogP contribution < -0.4 is 10.2 Å². The summed E-state index contributed by atoms with van der Waals surface area (Å²) in [6.45, 7) is 3.68. The highest BCUT2D eigenvalue weighted by Crippen LogP contribution is 2.31. The lowest BCUT2D eigenvalue weighted by Gasteiger charge is -2.29. The van der Waals surface area contributed by atoms with Crippen LogP contribution in [0, 0.1) is 6.92 Å². The molecule has 0 bridgehead atoms. The molecule has 2 aromatic carbocycles. The third-order valence-electron chi connectivity index (χ3n) is 4.61. The minimum absolute atomic E-state index is 0.0698. The topological polar surface area (TPSA) is 69.7 Å². The molecule has 1 aliphatic heterocycles. The summed E-state index contributed by atoms with van der Waals surface area (Å²) in [5.41, 5.74) is 2.79. The van der Waals surface area contributed by atoms with E-state index in [9.17, 15) is 14.4 Å². The predicted octanol–water partition coefficient (Wildman–Crippen LogP) is 2.83. The van der Waals surface area contributed by atoms with Crippen molar-refractivity contribution in [2.45, 2.75) is 26.3 Å². The first-order valence-electron chi connectivity index (χ1n) is 8.90. The number of anilines is 2. The van der Waals surface area contributed by atoms with Gasteiger partial charge in [-0.15, -0.1) is 0 Å². The molecule has 0 spiro atoms. The molecule has 6 nitrogen and oxygen atoms in total. The fraction of sp³-hybridized carbons (Fsp3) is 0.286. The van der Waals surface area contributed by atoms with E-state index in [4.69, 9.17) is 0 Å². The van der Waals surface area contributed by atoms with E-state index in [0.29, 0.717) is 16.9 Å². The molecule has 6 heteroatoms. The zero-order chi connectivity index (χ0) is 19.6. The third kappa shape index (κ3) is 4.00. The Bertz CT molecular complexity index is 894. The van der Waals surface area contributed by atoms with Crippen LogP contribution in [-0.2, 0) is 9.59 Å². The lowest BCUT2D eigenvalue weighted by atomic mass is 10.1. The van der Waals surface area contributed by atoms with Gasteiger partial charge in [-0.2, -0.15) is 0 Å². The summed E-state index contributed by atoms with van der Waals surface area (Å²) in [6.07, 6.45) is 0.204. The van der Waals surface area contributed by atoms with Gasteiger partial charge in [-0.3, -0.25) is 14.4 Å². The predicted molar refractivity (Wildman–Crippen MR) is 105 cm³/mol. The van der Waals surface area contributed by atoms with E-state index in [1.807, 2.05) is 38.1 Å². The SMILES string of the molecule is Cc1cccc(C(=O)N(C)CC(=O)N2c3ccccc3NC(=O)C[C@@H]2C)c1. The Morgan fingerprint density at radius 1 is 1.19 bits per heavy atom. The summed E-state index contributed by atoms with van der Waals surface area (Å²) in [7, 11) is 1.61. The second kappa shape index (κ2) is 7.61. The van der Waals surface area contributed by atoms with Crippen molar-refractivity contribution in [3.63, 3.8) is 0 Å². The summed E-state index contributed by atoms with van der Waals surface area (Å²) in [6, 6.07) is 14.2. The third-order valence-corrected chi connectivity index (χ3v) is 4.61. The van der Waals surface area contributed by atoms with Crippen molar-refractivity contribution in [2.75, 3.05) is 23.8 Å². The van der Waals surface area contributed by atoms with E-state index in [2.05, 4.69) is 5.32 Å². The minimum Gasteiger partial charge on any atom is -0.332 e. The standard InChI is InChI=1S/C21H23N3O3/c1-14-7-6-8-16(11-14)21(27)23(3)13-20(26)24-15(2)12-19(25)22-17-9-4-5-10-18(17)24/h4-11,15H,12-13H2,1-3H3,(H,22,25)/t15-/m0/s1. The van der Waals surface area contributed by atoms with E-state index in [1.165, 1.54) is 4.90 Å². The molecule has 0 radical (unpaired) electrons. The maximum absolute atomic E-state index is 13.0. The zero-order valence-corrected chi connectivity index (χ0v) is 15.7. The number of likely N-dealkylation sites (N-methyl/N-ethyl adjacent to an activating group) is 1. The van der Waals surface area contributed by atoms with Gasteiger partial charge in [0.2, 0.25) is 11.8 Å². The monoisotopic (exact) mass is 365 g/mol. The number of fused-ring (bicyclic) bond motifs is 1. The Morgan fingerprint density at radius 2 is 1.93 bits per heavy atom. The zero-order valence-electron chi connectivity index (χ0n) is 15.7. The molecule has 3 amide bonds. The molecule has 0 saturated carbocycles. The summed E-state index contributed by atoms with van der Waals surface area (Å²) < 4.78 is 0. The van der Waals surface area contributed by atoms with Crippen molar-refractivity contribution in [1.29, 1.82) is 0 Å². The molecule has 2 aromatic rings. The van der Waals surface area contributed by atoms with Gasteiger partial charge in [-0.1, -0.05) is 29.8 Å². The van der Waals surface area contributed by atoms with Crippen molar-refractivity contribution in [3.05, 3.63) is 59.7 Å². The van der Waals surface area contributed by atoms with Gasteiger partial charge in [0.25, 0.3) is 5.91 Å². The van der Waals surface area contributed by atoms with Crippen molar-refractivity contribution < 1.29 is 14.4 Å². The quantitative estimate of drug-likeness (QED) is 0.909. The molecule has 1 atom stereocenters. The number of nitrogens with one attached hydrogen (secondary N) is 1. The van der Waals surface area contributed by atoms with E-state index in [-0.39, 0.29) is 36.7 Å². The number of aryl methyl sites for hydroxylation is 1. The Kier molecular flexibility index (Phi) is 5.26. The van der Waals surface area contributed by atoms with E-state index >= 15 is 0 Å². The normalized spacial score (nSPS) is 16.2. The molecule has 0 saturated heterocycles. The number of carbonyl (C=O) groups excluding carboxylic acids is 3. The fourth-order valence-electron chi connectivity index (χ4n) is 3.32. The first-order chi connectivity index (χ1) is 12.9. The van der Waals surface area contributed by atoms with Gasteiger partial charge in [-0.25, -0.2) is 0 Å². The highest BCUT2D eigenvalue weighted by Gasteiger charge is 2.30. The van der Waals surface area contributed by atoms with Crippen LogP contribution in [0.25, 0.3) is 0 Å².